The van der Waals surface area contributed by atoms with Gasteiger partial charge in [0.05, 0.1) is 0 Å². The van der Waals surface area contributed by atoms with Gasteiger partial charge >= 0.3 is 0 Å². The molecular formula is C12H20N4O. The zero-order valence-corrected chi connectivity index (χ0v) is 10.4. The van der Waals surface area contributed by atoms with E-state index in [2.05, 4.69) is 21.8 Å². The molecule has 2 atom stereocenters. The summed E-state index contributed by atoms with van der Waals surface area (Å²) in [5.41, 5.74) is 5.63. The second-order valence-corrected chi connectivity index (χ2v) is 4.74. The van der Waals surface area contributed by atoms with Gasteiger partial charge in [0.1, 0.15) is 11.6 Å². The Morgan fingerprint density at radius 1 is 1.65 bits per heavy atom. The number of hydrogen-bond donors (Lipinski definition) is 2. The third-order valence-electron chi connectivity index (χ3n) is 3.40. The van der Waals surface area contributed by atoms with Crippen LogP contribution in [0.2, 0.25) is 0 Å². The van der Waals surface area contributed by atoms with Crippen LogP contribution in [0.5, 0.6) is 0 Å². The van der Waals surface area contributed by atoms with Crippen molar-refractivity contribution in [3.8, 4) is 0 Å². The molecule has 1 aromatic rings. The van der Waals surface area contributed by atoms with Crippen molar-refractivity contribution in [2.75, 3.05) is 18.0 Å². The third kappa shape index (κ3) is 2.49. The molecule has 2 rings (SSSR count). The van der Waals surface area contributed by atoms with E-state index in [0.717, 1.165) is 31.0 Å². The van der Waals surface area contributed by atoms with E-state index in [-0.39, 0.29) is 5.56 Å². The predicted molar refractivity (Wildman–Crippen MR) is 68.2 cm³/mol. The molecule has 2 heterocycles. The monoisotopic (exact) mass is 236 g/mol. The van der Waals surface area contributed by atoms with Crippen molar-refractivity contribution in [1.82, 2.24) is 9.97 Å². The zero-order valence-electron chi connectivity index (χ0n) is 10.4. The molecule has 1 aliphatic rings. The Bertz CT molecular complexity index is 442. The van der Waals surface area contributed by atoms with Crippen LogP contribution in [0.1, 0.15) is 26.1 Å². The first-order chi connectivity index (χ1) is 8.13. The summed E-state index contributed by atoms with van der Waals surface area (Å²) in [7, 11) is 0. The van der Waals surface area contributed by atoms with Gasteiger partial charge < -0.3 is 15.6 Å². The maximum Gasteiger partial charge on any atom is 0.252 e. The summed E-state index contributed by atoms with van der Waals surface area (Å²) in [6, 6.07) is 1.98. The van der Waals surface area contributed by atoms with Gasteiger partial charge in [0, 0.05) is 25.1 Å². The summed E-state index contributed by atoms with van der Waals surface area (Å²) >= 11 is 0. The topological polar surface area (TPSA) is 75.0 Å². The number of hydrogen-bond acceptors (Lipinski definition) is 4. The zero-order chi connectivity index (χ0) is 12.4. The molecule has 17 heavy (non-hydrogen) atoms. The molecule has 0 saturated carbocycles. The van der Waals surface area contributed by atoms with E-state index < -0.39 is 0 Å². The van der Waals surface area contributed by atoms with Gasteiger partial charge in [-0.2, -0.15) is 0 Å². The quantitative estimate of drug-likeness (QED) is 0.801. The minimum absolute atomic E-state index is 0.0738. The van der Waals surface area contributed by atoms with Crippen molar-refractivity contribution in [3.05, 3.63) is 22.2 Å². The fourth-order valence-corrected chi connectivity index (χ4v) is 2.44. The molecule has 2 unspecified atom stereocenters. The molecule has 0 bridgehead atoms. The molecule has 1 aliphatic heterocycles. The summed E-state index contributed by atoms with van der Waals surface area (Å²) in [5.74, 6) is 2.04. The molecule has 1 fully saturated rings. The van der Waals surface area contributed by atoms with Crippen LogP contribution in [0.3, 0.4) is 0 Å². The van der Waals surface area contributed by atoms with E-state index in [9.17, 15) is 4.79 Å². The Kier molecular flexibility index (Phi) is 3.47. The van der Waals surface area contributed by atoms with Gasteiger partial charge in [-0.25, -0.2) is 4.98 Å². The van der Waals surface area contributed by atoms with Gasteiger partial charge in [0.2, 0.25) is 0 Å². The number of H-pyrrole nitrogens is 1. The molecule has 1 aromatic heterocycles. The highest BCUT2D eigenvalue weighted by Gasteiger charge is 2.29. The lowest BCUT2D eigenvalue weighted by molar-refractivity contribution is 0.579. The Morgan fingerprint density at radius 3 is 3.00 bits per heavy atom. The second kappa shape index (κ2) is 4.87. The van der Waals surface area contributed by atoms with Crippen LogP contribution in [-0.4, -0.2) is 29.1 Å². The van der Waals surface area contributed by atoms with Crippen molar-refractivity contribution < 1.29 is 0 Å². The maximum atomic E-state index is 11.5. The smallest absolute Gasteiger partial charge is 0.252 e. The Balaban J connectivity index is 2.28. The van der Waals surface area contributed by atoms with Gasteiger partial charge in [-0.1, -0.05) is 6.92 Å². The molecule has 5 nitrogen and oxygen atoms in total. The van der Waals surface area contributed by atoms with E-state index in [4.69, 9.17) is 5.73 Å². The number of aryl methyl sites for hydroxylation is 1. The van der Waals surface area contributed by atoms with Gasteiger partial charge in [0.15, 0.2) is 0 Å². The van der Waals surface area contributed by atoms with E-state index in [1.54, 1.807) is 6.07 Å². The molecule has 0 radical (unpaired) electrons. The lowest BCUT2D eigenvalue weighted by atomic mass is 10.1. The highest BCUT2D eigenvalue weighted by Crippen LogP contribution is 2.26. The molecule has 0 aromatic carbocycles. The summed E-state index contributed by atoms with van der Waals surface area (Å²) in [5, 5.41) is 0. The standard InChI is InChI=1S/C12H20N4O/c1-3-10-14-11(5-12(17)15-10)16-7-9(6-13)4-8(16)2/h5,8-9H,3-4,6-7,13H2,1-2H3,(H,14,15,17). The fraction of sp³-hybridized carbons (Fsp3) is 0.667. The van der Waals surface area contributed by atoms with Crippen molar-refractivity contribution in [1.29, 1.82) is 0 Å². The molecule has 0 spiro atoms. The van der Waals surface area contributed by atoms with E-state index in [0.29, 0.717) is 18.5 Å². The number of anilines is 1. The second-order valence-electron chi connectivity index (χ2n) is 4.74. The summed E-state index contributed by atoms with van der Waals surface area (Å²) in [6.07, 6.45) is 1.82. The SMILES string of the molecule is CCc1nc(N2CC(CN)CC2C)cc(=O)[nH]1. The summed E-state index contributed by atoms with van der Waals surface area (Å²) in [4.78, 5) is 20.9. The number of nitrogens with two attached hydrogens (primary N) is 1. The minimum Gasteiger partial charge on any atom is -0.353 e. The van der Waals surface area contributed by atoms with Crippen molar-refractivity contribution in [3.63, 3.8) is 0 Å². The summed E-state index contributed by atoms with van der Waals surface area (Å²) < 4.78 is 0. The predicted octanol–water partition coefficient (Wildman–Crippen LogP) is 0.506. The molecule has 1 saturated heterocycles. The average molecular weight is 236 g/mol. The average Bonchev–Trinajstić information content (AvgIpc) is 2.69. The van der Waals surface area contributed by atoms with Crippen molar-refractivity contribution >= 4 is 5.82 Å². The van der Waals surface area contributed by atoms with Gasteiger partial charge in [-0.15, -0.1) is 0 Å². The highest BCUT2D eigenvalue weighted by molar-refractivity contribution is 5.40. The number of nitrogens with one attached hydrogen (secondary N) is 1. The first-order valence-corrected chi connectivity index (χ1v) is 6.21. The molecule has 0 amide bonds. The largest absolute Gasteiger partial charge is 0.353 e. The van der Waals surface area contributed by atoms with E-state index >= 15 is 0 Å². The highest BCUT2D eigenvalue weighted by atomic mass is 16.1. The molecule has 5 heteroatoms. The molecular weight excluding hydrogens is 216 g/mol. The number of aromatic nitrogens is 2. The Hall–Kier alpha value is -1.36. The lowest BCUT2D eigenvalue weighted by Crippen LogP contribution is -2.30. The van der Waals surface area contributed by atoms with Crippen LogP contribution >= 0.6 is 0 Å². The van der Waals surface area contributed by atoms with Crippen LogP contribution in [0, 0.1) is 5.92 Å². The van der Waals surface area contributed by atoms with E-state index in [1.165, 1.54) is 0 Å². The van der Waals surface area contributed by atoms with Crippen LogP contribution in [-0.2, 0) is 6.42 Å². The van der Waals surface area contributed by atoms with Crippen molar-refractivity contribution in [2.24, 2.45) is 11.7 Å². The van der Waals surface area contributed by atoms with Crippen LogP contribution < -0.4 is 16.2 Å². The fourth-order valence-electron chi connectivity index (χ4n) is 2.44. The Labute approximate surface area is 101 Å². The lowest BCUT2D eigenvalue weighted by Gasteiger charge is -2.22. The molecule has 94 valence electrons. The molecule has 3 N–H and O–H groups in total. The van der Waals surface area contributed by atoms with Gasteiger partial charge in [-0.05, 0) is 25.8 Å². The van der Waals surface area contributed by atoms with Crippen LogP contribution in [0.4, 0.5) is 5.82 Å². The minimum atomic E-state index is -0.0738. The van der Waals surface area contributed by atoms with Crippen LogP contribution in [0.15, 0.2) is 10.9 Å². The van der Waals surface area contributed by atoms with Gasteiger partial charge in [0.25, 0.3) is 5.56 Å². The maximum absolute atomic E-state index is 11.5. The van der Waals surface area contributed by atoms with Crippen molar-refractivity contribution in [2.45, 2.75) is 32.7 Å². The number of aromatic amines is 1. The molecule has 0 aliphatic carbocycles. The number of rotatable bonds is 3. The normalized spacial score (nSPS) is 24.3. The Morgan fingerprint density at radius 2 is 2.41 bits per heavy atom. The van der Waals surface area contributed by atoms with E-state index in [1.807, 2.05) is 6.92 Å². The number of nitrogens with zero attached hydrogens (tertiary/aromatic N) is 2. The van der Waals surface area contributed by atoms with Crippen LogP contribution in [0.25, 0.3) is 0 Å². The first-order valence-electron chi connectivity index (χ1n) is 6.21. The third-order valence-corrected chi connectivity index (χ3v) is 3.40. The summed E-state index contributed by atoms with van der Waals surface area (Å²) in [6.45, 7) is 5.74. The first kappa shape index (κ1) is 12.1. The van der Waals surface area contributed by atoms with Gasteiger partial charge in [-0.3, -0.25) is 4.79 Å².